The third-order valence-corrected chi connectivity index (χ3v) is 4.13. The Labute approximate surface area is 153 Å². The molecule has 6 heteroatoms. The van der Waals surface area contributed by atoms with Crippen molar-refractivity contribution < 1.29 is 14.3 Å². The number of rotatable bonds is 6. The molecule has 1 heterocycles. The van der Waals surface area contributed by atoms with Crippen molar-refractivity contribution in [2.24, 2.45) is 0 Å². The third kappa shape index (κ3) is 5.08. The number of nitrogens with one attached hydrogen (secondary N) is 1. The summed E-state index contributed by atoms with van der Waals surface area (Å²) in [6.45, 7) is 11.1. The zero-order valence-corrected chi connectivity index (χ0v) is 16.2. The summed E-state index contributed by atoms with van der Waals surface area (Å²) in [6.07, 6.45) is 0.672. The Morgan fingerprint density at radius 1 is 1.19 bits per heavy atom. The SMILES string of the molecule is CCc1cc2c(CN(CC)CC(=O)NC(C)(C)C)cc(=O)oc2cc1O. The van der Waals surface area contributed by atoms with Crippen LogP contribution in [0.5, 0.6) is 5.75 Å². The van der Waals surface area contributed by atoms with Gasteiger partial charge in [-0.15, -0.1) is 0 Å². The maximum absolute atomic E-state index is 12.2. The van der Waals surface area contributed by atoms with Gasteiger partial charge in [-0.05, 0) is 50.9 Å². The van der Waals surface area contributed by atoms with E-state index in [1.54, 1.807) is 0 Å². The summed E-state index contributed by atoms with van der Waals surface area (Å²) in [6, 6.07) is 4.80. The zero-order valence-electron chi connectivity index (χ0n) is 16.2. The molecule has 0 aliphatic rings. The second-order valence-corrected chi connectivity index (χ2v) is 7.52. The average Bonchev–Trinajstić information content (AvgIpc) is 2.51. The van der Waals surface area contributed by atoms with Gasteiger partial charge in [0.25, 0.3) is 0 Å². The van der Waals surface area contributed by atoms with Gasteiger partial charge >= 0.3 is 5.63 Å². The van der Waals surface area contributed by atoms with Crippen LogP contribution in [0.4, 0.5) is 0 Å². The smallest absolute Gasteiger partial charge is 0.336 e. The highest BCUT2D eigenvalue weighted by molar-refractivity contribution is 5.83. The normalized spacial score (nSPS) is 11.9. The quantitative estimate of drug-likeness (QED) is 0.774. The fraction of sp³-hybridized carbons (Fsp3) is 0.500. The minimum Gasteiger partial charge on any atom is -0.508 e. The van der Waals surface area contributed by atoms with Crippen LogP contribution in [-0.2, 0) is 17.8 Å². The first-order valence-electron chi connectivity index (χ1n) is 8.95. The van der Waals surface area contributed by atoms with Crippen LogP contribution in [0, 0.1) is 0 Å². The molecule has 0 spiro atoms. The maximum Gasteiger partial charge on any atom is 0.336 e. The number of hydrogen-bond donors (Lipinski definition) is 2. The highest BCUT2D eigenvalue weighted by atomic mass is 16.4. The highest BCUT2D eigenvalue weighted by Gasteiger charge is 2.18. The molecule has 0 fully saturated rings. The van der Waals surface area contributed by atoms with E-state index in [9.17, 15) is 14.7 Å². The van der Waals surface area contributed by atoms with Crippen molar-refractivity contribution in [2.45, 2.75) is 53.1 Å². The van der Waals surface area contributed by atoms with Crippen molar-refractivity contribution in [2.75, 3.05) is 13.1 Å². The molecule has 2 aromatic rings. The first-order valence-corrected chi connectivity index (χ1v) is 8.95. The molecule has 26 heavy (non-hydrogen) atoms. The summed E-state index contributed by atoms with van der Waals surface area (Å²) in [4.78, 5) is 26.1. The fourth-order valence-electron chi connectivity index (χ4n) is 2.90. The summed E-state index contributed by atoms with van der Waals surface area (Å²) in [5, 5.41) is 13.8. The molecule has 0 saturated carbocycles. The number of phenolic OH excluding ortho intramolecular Hbond substituents is 1. The summed E-state index contributed by atoms with van der Waals surface area (Å²) in [5.74, 6) is 0.0655. The Balaban J connectivity index is 2.33. The summed E-state index contributed by atoms with van der Waals surface area (Å²) < 4.78 is 5.23. The summed E-state index contributed by atoms with van der Waals surface area (Å²) >= 11 is 0. The van der Waals surface area contributed by atoms with Gasteiger partial charge in [-0.25, -0.2) is 4.79 Å². The van der Waals surface area contributed by atoms with Crippen molar-refractivity contribution in [1.82, 2.24) is 10.2 Å². The van der Waals surface area contributed by atoms with Gasteiger partial charge in [-0.1, -0.05) is 13.8 Å². The highest BCUT2D eigenvalue weighted by Crippen LogP contribution is 2.27. The lowest BCUT2D eigenvalue weighted by Crippen LogP contribution is -2.45. The standard InChI is InChI=1S/C20H28N2O4/c1-6-13-8-15-14(9-19(25)26-17(15)10-16(13)23)11-22(7-2)12-18(24)21-20(3,4)5/h8-10,23H,6-7,11-12H2,1-5H3,(H,21,24). The van der Waals surface area contributed by atoms with Crippen LogP contribution in [0.2, 0.25) is 0 Å². The number of aromatic hydroxyl groups is 1. The number of nitrogens with zero attached hydrogens (tertiary/aromatic N) is 1. The molecule has 6 nitrogen and oxygen atoms in total. The van der Waals surface area contributed by atoms with Crippen LogP contribution in [0.3, 0.4) is 0 Å². The van der Waals surface area contributed by atoms with E-state index in [0.29, 0.717) is 25.1 Å². The van der Waals surface area contributed by atoms with Crippen LogP contribution in [0.15, 0.2) is 27.4 Å². The second-order valence-electron chi connectivity index (χ2n) is 7.52. The molecular formula is C20H28N2O4. The van der Waals surface area contributed by atoms with E-state index >= 15 is 0 Å². The predicted molar refractivity (Wildman–Crippen MR) is 102 cm³/mol. The summed E-state index contributed by atoms with van der Waals surface area (Å²) in [5.41, 5.74) is 1.19. The van der Waals surface area contributed by atoms with Crippen molar-refractivity contribution in [3.05, 3.63) is 39.7 Å². The van der Waals surface area contributed by atoms with Gasteiger partial charge in [0.05, 0.1) is 6.54 Å². The Morgan fingerprint density at radius 2 is 1.88 bits per heavy atom. The largest absolute Gasteiger partial charge is 0.508 e. The first-order chi connectivity index (χ1) is 12.1. The van der Waals surface area contributed by atoms with Crippen LogP contribution in [0.25, 0.3) is 11.0 Å². The lowest BCUT2D eigenvalue weighted by atomic mass is 10.0. The monoisotopic (exact) mass is 360 g/mol. The molecule has 1 amide bonds. The predicted octanol–water partition coefficient (Wildman–Crippen LogP) is 2.80. The van der Waals surface area contributed by atoms with Crippen molar-refractivity contribution in [3.8, 4) is 5.75 Å². The molecule has 1 aromatic carbocycles. The van der Waals surface area contributed by atoms with Gasteiger partial charge in [-0.2, -0.15) is 0 Å². The van der Waals surface area contributed by atoms with E-state index in [1.807, 2.05) is 45.6 Å². The fourth-order valence-corrected chi connectivity index (χ4v) is 2.90. The van der Waals surface area contributed by atoms with Gasteiger partial charge in [0.1, 0.15) is 11.3 Å². The van der Waals surface area contributed by atoms with Crippen LogP contribution in [-0.4, -0.2) is 34.5 Å². The number of likely N-dealkylation sites (N-methyl/N-ethyl adjacent to an activating group) is 1. The Bertz CT molecular complexity index is 849. The number of carbonyl (C=O) groups excluding carboxylic acids is 1. The number of hydrogen-bond acceptors (Lipinski definition) is 5. The number of benzene rings is 1. The number of fused-ring (bicyclic) bond motifs is 1. The Kier molecular flexibility index (Phi) is 6.08. The van der Waals surface area contributed by atoms with Crippen molar-refractivity contribution in [1.29, 1.82) is 0 Å². The number of amides is 1. The molecule has 142 valence electrons. The van der Waals surface area contributed by atoms with Crippen LogP contribution in [0.1, 0.15) is 45.7 Å². The van der Waals surface area contributed by atoms with E-state index in [0.717, 1.165) is 16.5 Å². The molecule has 0 aliphatic carbocycles. The lowest BCUT2D eigenvalue weighted by molar-refractivity contribution is -0.123. The molecule has 0 bridgehead atoms. The molecule has 0 aliphatic heterocycles. The maximum atomic E-state index is 12.2. The molecule has 1 aromatic heterocycles. The molecule has 2 N–H and O–H groups in total. The van der Waals surface area contributed by atoms with E-state index in [-0.39, 0.29) is 23.7 Å². The van der Waals surface area contributed by atoms with Crippen molar-refractivity contribution >= 4 is 16.9 Å². The van der Waals surface area contributed by atoms with Gasteiger partial charge in [0.15, 0.2) is 0 Å². The van der Waals surface area contributed by atoms with Crippen LogP contribution >= 0.6 is 0 Å². The molecule has 0 radical (unpaired) electrons. The number of phenols is 1. The third-order valence-electron chi connectivity index (χ3n) is 4.13. The minimum atomic E-state index is -0.466. The van der Waals surface area contributed by atoms with E-state index in [4.69, 9.17) is 4.42 Å². The van der Waals surface area contributed by atoms with Gasteiger partial charge in [-0.3, -0.25) is 9.69 Å². The average molecular weight is 360 g/mol. The second kappa shape index (κ2) is 7.91. The van der Waals surface area contributed by atoms with Gasteiger partial charge < -0.3 is 14.8 Å². The van der Waals surface area contributed by atoms with Crippen molar-refractivity contribution in [3.63, 3.8) is 0 Å². The summed E-state index contributed by atoms with van der Waals surface area (Å²) in [7, 11) is 0. The van der Waals surface area contributed by atoms with E-state index in [2.05, 4.69) is 5.32 Å². The van der Waals surface area contributed by atoms with Gasteiger partial charge in [0.2, 0.25) is 5.91 Å². The molecule has 2 rings (SSSR count). The first kappa shape index (κ1) is 20.0. The Hall–Kier alpha value is -2.34. The minimum absolute atomic E-state index is 0.0569. The molecular weight excluding hydrogens is 332 g/mol. The topological polar surface area (TPSA) is 82.8 Å². The lowest BCUT2D eigenvalue weighted by Gasteiger charge is -2.25. The molecule has 0 unspecified atom stereocenters. The van der Waals surface area contributed by atoms with E-state index in [1.165, 1.54) is 12.1 Å². The number of aryl methyl sites for hydroxylation is 1. The van der Waals surface area contributed by atoms with E-state index < -0.39 is 5.63 Å². The van der Waals surface area contributed by atoms with Gasteiger partial charge in [0, 0.05) is 29.6 Å². The number of carbonyl (C=O) groups is 1. The Morgan fingerprint density at radius 3 is 2.46 bits per heavy atom. The molecule has 0 atom stereocenters. The van der Waals surface area contributed by atoms with Crippen LogP contribution < -0.4 is 10.9 Å². The molecule has 0 saturated heterocycles. The zero-order chi connectivity index (χ0) is 19.5.